The fourth-order valence-electron chi connectivity index (χ4n) is 0.802. The van der Waals surface area contributed by atoms with Gasteiger partial charge in [-0.25, -0.2) is 9.59 Å². The van der Waals surface area contributed by atoms with E-state index >= 15 is 0 Å². The summed E-state index contributed by atoms with van der Waals surface area (Å²) in [6.07, 6.45) is 2.98. The van der Waals surface area contributed by atoms with Gasteiger partial charge >= 0.3 is 11.9 Å². The Kier molecular flexibility index (Phi) is 7.26. The maximum absolute atomic E-state index is 10.8. The number of hydrogen-bond acceptors (Lipinski definition) is 4. The summed E-state index contributed by atoms with van der Waals surface area (Å²) in [6, 6.07) is 0.898. The molecule has 0 aromatic heterocycles. The quantitative estimate of drug-likeness (QED) is 0.367. The highest BCUT2D eigenvalue weighted by Crippen LogP contribution is 1.95. The molecule has 0 saturated heterocycles. The van der Waals surface area contributed by atoms with Crippen LogP contribution < -0.4 is 0 Å². The Hall–Kier alpha value is -1.36. The Morgan fingerprint density at radius 2 is 1.53 bits per heavy atom. The molecular weight excluding hydrogens is 212 g/mol. The lowest BCUT2D eigenvalue weighted by Crippen LogP contribution is -2.29. The van der Waals surface area contributed by atoms with E-state index in [-0.39, 0.29) is 0 Å². The minimum atomic E-state index is -1.33. The van der Waals surface area contributed by atoms with E-state index in [2.05, 4.69) is 13.2 Å². The van der Waals surface area contributed by atoms with Crippen LogP contribution in [0.15, 0.2) is 25.3 Å². The van der Waals surface area contributed by atoms with E-state index in [4.69, 9.17) is 9.47 Å². The zero-order chi connectivity index (χ0) is 11.7. The topological polar surface area (TPSA) is 52.6 Å². The van der Waals surface area contributed by atoms with Gasteiger partial charge in [0.25, 0.3) is 0 Å². The van der Waals surface area contributed by atoms with Gasteiger partial charge in [-0.1, -0.05) is 26.1 Å². The van der Waals surface area contributed by atoms with Gasteiger partial charge in [-0.05, 0) is 0 Å². The summed E-state index contributed by atoms with van der Waals surface area (Å²) in [7, 11) is -1.33. The molecule has 0 fully saturated rings. The van der Waals surface area contributed by atoms with Crippen LogP contribution in [-0.2, 0) is 19.1 Å². The van der Waals surface area contributed by atoms with Crippen LogP contribution in [0.3, 0.4) is 0 Å². The summed E-state index contributed by atoms with van der Waals surface area (Å²) in [5.41, 5.74) is 0. The Labute approximate surface area is 91.2 Å². The smallest absolute Gasteiger partial charge is 0.329 e. The molecule has 0 spiro atoms. The molecule has 15 heavy (non-hydrogen) atoms. The highest BCUT2D eigenvalue weighted by Gasteiger charge is 2.12. The lowest BCUT2D eigenvalue weighted by atomic mass is 10.7. The van der Waals surface area contributed by atoms with E-state index in [1.54, 1.807) is 0 Å². The van der Waals surface area contributed by atoms with Crippen LogP contribution in [0.25, 0.3) is 0 Å². The normalized spacial score (nSPS) is 9.47. The van der Waals surface area contributed by atoms with E-state index < -0.39 is 20.7 Å². The average molecular weight is 228 g/mol. The molecule has 0 aliphatic carbocycles. The van der Waals surface area contributed by atoms with Crippen molar-refractivity contribution in [2.45, 2.75) is 13.0 Å². The fraction of sp³-hybridized carbons (Fsp3) is 0.400. The first-order valence-corrected chi connectivity index (χ1v) is 7.17. The van der Waals surface area contributed by atoms with Crippen molar-refractivity contribution in [3.05, 3.63) is 25.3 Å². The molecule has 0 aliphatic rings. The third-order valence-corrected chi connectivity index (χ3v) is 4.26. The molecule has 0 N–H and O–H groups in total. The van der Waals surface area contributed by atoms with Crippen molar-refractivity contribution in [1.29, 1.82) is 0 Å². The van der Waals surface area contributed by atoms with Crippen molar-refractivity contribution in [2.75, 3.05) is 12.5 Å². The Morgan fingerprint density at radius 1 is 1.13 bits per heavy atom. The molecule has 0 unspecified atom stereocenters. The number of hydrogen-bond donors (Lipinski definition) is 0. The van der Waals surface area contributed by atoms with Crippen molar-refractivity contribution in [1.82, 2.24) is 0 Å². The van der Waals surface area contributed by atoms with Gasteiger partial charge in [0, 0.05) is 12.2 Å². The zero-order valence-electron chi connectivity index (χ0n) is 8.90. The van der Waals surface area contributed by atoms with E-state index in [0.717, 1.165) is 18.2 Å². The first kappa shape index (κ1) is 13.6. The van der Waals surface area contributed by atoms with Crippen molar-refractivity contribution >= 4 is 20.7 Å². The highest BCUT2D eigenvalue weighted by atomic mass is 28.3. The number of rotatable bonds is 7. The van der Waals surface area contributed by atoms with Gasteiger partial charge in [0.15, 0.2) is 0 Å². The zero-order valence-corrected chi connectivity index (χ0v) is 10.1. The molecular formula is C10H16O4Si. The summed E-state index contributed by atoms with van der Waals surface area (Å²) in [5.74, 6) is -0.869. The lowest BCUT2D eigenvalue weighted by molar-refractivity contribution is -0.136. The van der Waals surface area contributed by atoms with Gasteiger partial charge in [0.2, 0.25) is 0 Å². The van der Waals surface area contributed by atoms with Gasteiger partial charge in [-0.2, -0.15) is 0 Å². The fourth-order valence-corrected chi connectivity index (χ4v) is 2.17. The van der Waals surface area contributed by atoms with E-state index in [1.807, 2.05) is 6.92 Å². The van der Waals surface area contributed by atoms with Crippen LogP contribution in [0, 0.1) is 0 Å². The maximum atomic E-state index is 10.8. The second-order valence-electron chi connectivity index (χ2n) is 2.94. The van der Waals surface area contributed by atoms with Gasteiger partial charge in [0.1, 0.15) is 8.80 Å². The second-order valence-corrected chi connectivity index (χ2v) is 6.16. The molecule has 0 atom stereocenters. The standard InChI is InChI=1S/C10H16O4Si/c1-4-9(11)13-7-15(6-3)8-14-10(12)5-2/h4-5,15H,1-2,6-8H2,3H3. The average Bonchev–Trinajstić information content (AvgIpc) is 2.28. The monoisotopic (exact) mass is 228 g/mol. The Balaban J connectivity index is 3.82. The molecule has 5 heteroatoms. The molecule has 0 aromatic carbocycles. The van der Waals surface area contributed by atoms with Gasteiger partial charge in [-0.15, -0.1) is 0 Å². The molecule has 0 bridgehead atoms. The largest absolute Gasteiger partial charge is 0.467 e. The molecule has 0 heterocycles. The molecule has 0 radical (unpaired) electrons. The lowest BCUT2D eigenvalue weighted by Gasteiger charge is -2.12. The van der Waals surface area contributed by atoms with Crippen LogP contribution in [0.4, 0.5) is 0 Å². The first-order valence-electron chi connectivity index (χ1n) is 4.72. The van der Waals surface area contributed by atoms with Crippen LogP contribution in [0.2, 0.25) is 6.04 Å². The van der Waals surface area contributed by atoms with Crippen molar-refractivity contribution in [2.24, 2.45) is 0 Å². The van der Waals surface area contributed by atoms with E-state index in [0.29, 0.717) is 12.5 Å². The summed E-state index contributed by atoms with van der Waals surface area (Å²) in [4.78, 5) is 21.6. The van der Waals surface area contributed by atoms with E-state index in [9.17, 15) is 9.59 Å². The van der Waals surface area contributed by atoms with E-state index in [1.165, 1.54) is 0 Å². The summed E-state index contributed by atoms with van der Waals surface area (Å²) >= 11 is 0. The van der Waals surface area contributed by atoms with Gasteiger partial charge in [-0.3, -0.25) is 0 Å². The van der Waals surface area contributed by atoms with Crippen LogP contribution in [0.5, 0.6) is 0 Å². The number of carbonyl (C=O) groups is 2. The van der Waals surface area contributed by atoms with Crippen LogP contribution in [-0.4, -0.2) is 33.2 Å². The molecule has 0 aliphatic heterocycles. The summed E-state index contributed by atoms with van der Waals surface area (Å²) in [6.45, 7) is 8.57. The minimum Gasteiger partial charge on any atom is -0.467 e. The van der Waals surface area contributed by atoms with Crippen molar-refractivity contribution in [3.8, 4) is 0 Å². The Morgan fingerprint density at radius 3 is 1.80 bits per heavy atom. The summed E-state index contributed by atoms with van der Waals surface area (Å²) in [5, 5.41) is 0. The maximum Gasteiger partial charge on any atom is 0.329 e. The van der Waals surface area contributed by atoms with Gasteiger partial charge < -0.3 is 9.47 Å². The molecule has 0 amide bonds. The number of esters is 2. The minimum absolute atomic E-state index is 0.367. The molecule has 4 nitrogen and oxygen atoms in total. The molecule has 0 saturated carbocycles. The third kappa shape index (κ3) is 6.67. The van der Waals surface area contributed by atoms with Crippen LogP contribution >= 0.6 is 0 Å². The van der Waals surface area contributed by atoms with Crippen molar-refractivity contribution in [3.63, 3.8) is 0 Å². The van der Waals surface area contributed by atoms with Gasteiger partial charge in [0.05, 0.1) is 12.5 Å². The SMILES string of the molecule is C=CC(=O)OC[SiH](CC)COC(=O)C=C. The molecule has 84 valence electrons. The number of carbonyl (C=O) groups excluding carboxylic acids is 2. The predicted octanol–water partition coefficient (Wildman–Crippen LogP) is 0.770. The molecule has 0 rings (SSSR count). The number of ether oxygens (including phenoxy) is 2. The van der Waals surface area contributed by atoms with Crippen molar-refractivity contribution < 1.29 is 19.1 Å². The third-order valence-electron chi connectivity index (χ3n) is 1.83. The summed E-state index contributed by atoms with van der Waals surface area (Å²) < 4.78 is 9.80. The first-order chi connectivity index (χ1) is 7.13. The second kappa shape index (κ2) is 7.99. The molecule has 0 aromatic rings. The van der Waals surface area contributed by atoms with Crippen LogP contribution in [0.1, 0.15) is 6.92 Å². The Bertz CT molecular complexity index is 226. The highest BCUT2D eigenvalue weighted by molar-refractivity contribution is 6.58. The predicted molar refractivity (Wildman–Crippen MR) is 59.9 cm³/mol.